The van der Waals surface area contributed by atoms with Crippen LogP contribution in [0.3, 0.4) is 0 Å². The predicted octanol–water partition coefficient (Wildman–Crippen LogP) is 7.12. The number of nitrogens with zero attached hydrogens (tertiary/aromatic N) is 5. The SMILES string of the molecule is CC(C)[C@@H](C)[C@@]1(C)CC[C@]2(C)[C@H]3CC[C@@H]4[C@@]5(COC[C@@]4(C)[C@@H](OCC4(N)CCOCC4)[C@H](n4ncnc4-c4cncnc4)C5)C3=CC[C@]2(C)[C@@H]1OC(=O)O. The third kappa shape index (κ3) is 5.54. The summed E-state index contributed by atoms with van der Waals surface area (Å²) in [5.74, 6) is 2.02. The molecule has 2 aliphatic heterocycles. The Morgan fingerprint density at radius 2 is 1.74 bits per heavy atom. The van der Waals surface area contributed by atoms with E-state index in [9.17, 15) is 9.90 Å². The molecule has 3 N–H and O–H groups in total. The van der Waals surface area contributed by atoms with Crippen LogP contribution in [0.2, 0.25) is 0 Å². The summed E-state index contributed by atoms with van der Waals surface area (Å²) in [6.45, 7) is 19.2. The van der Waals surface area contributed by atoms with Gasteiger partial charge < -0.3 is 29.8 Å². The first kappa shape index (κ1) is 38.0. The number of carboxylic acid groups (broad SMARTS) is 1. The van der Waals surface area contributed by atoms with Crippen molar-refractivity contribution in [2.75, 3.05) is 33.0 Å². The summed E-state index contributed by atoms with van der Waals surface area (Å²) in [5.41, 5.74) is 7.44. The highest BCUT2D eigenvalue weighted by Gasteiger charge is 2.72. The fourth-order valence-corrected chi connectivity index (χ4v) is 13.1. The number of nitrogens with two attached hydrogens (primary N) is 1. The number of allylic oxidation sites excluding steroid dienone is 1. The van der Waals surface area contributed by atoms with Crippen molar-refractivity contribution >= 4 is 6.16 Å². The third-order valence-electron chi connectivity index (χ3n) is 16.7. The van der Waals surface area contributed by atoms with E-state index in [1.165, 1.54) is 11.9 Å². The molecule has 12 heteroatoms. The zero-order valence-corrected chi connectivity index (χ0v) is 33.4. The lowest BCUT2D eigenvalue weighted by Gasteiger charge is -2.71. The van der Waals surface area contributed by atoms with Crippen molar-refractivity contribution in [3.8, 4) is 11.4 Å². The molecule has 2 bridgehead atoms. The van der Waals surface area contributed by atoms with Gasteiger partial charge in [0.25, 0.3) is 0 Å². The molecule has 6 aliphatic rings. The summed E-state index contributed by atoms with van der Waals surface area (Å²) < 4.78 is 27.9. The van der Waals surface area contributed by atoms with Crippen molar-refractivity contribution in [3.05, 3.63) is 36.7 Å². The Morgan fingerprint density at radius 1 is 1.00 bits per heavy atom. The molecule has 2 aromatic heterocycles. The fourth-order valence-electron chi connectivity index (χ4n) is 13.1. The van der Waals surface area contributed by atoms with Crippen LogP contribution in [0.25, 0.3) is 11.4 Å². The van der Waals surface area contributed by atoms with Crippen molar-refractivity contribution in [2.24, 2.45) is 56.5 Å². The lowest BCUT2D eigenvalue weighted by atomic mass is 9.35. The molecule has 12 nitrogen and oxygen atoms in total. The van der Waals surface area contributed by atoms with Crippen LogP contribution in [-0.4, -0.2) is 86.8 Å². The average molecular weight is 747 g/mol. The smallest absolute Gasteiger partial charge is 0.450 e. The molecular weight excluding hydrogens is 684 g/mol. The van der Waals surface area contributed by atoms with Gasteiger partial charge in [-0.15, -0.1) is 0 Å². The molecule has 2 aromatic rings. The van der Waals surface area contributed by atoms with Gasteiger partial charge >= 0.3 is 6.16 Å². The van der Waals surface area contributed by atoms with E-state index in [1.807, 2.05) is 0 Å². The molecule has 0 radical (unpaired) electrons. The largest absolute Gasteiger partial charge is 0.506 e. The Balaban J connectivity index is 1.23. The maximum absolute atomic E-state index is 12.5. The first-order chi connectivity index (χ1) is 25.6. The summed E-state index contributed by atoms with van der Waals surface area (Å²) in [7, 11) is 0. The molecule has 8 rings (SSSR count). The number of aromatic nitrogens is 5. The van der Waals surface area contributed by atoms with Gasteiger partial charge in [0.05, 0.1) is 37.5 Å². The minimum Gasteiger partial charge on any atom is -0.450 e. The van der Waals surface area contributed by atoms with Crippen LogP contribution in [0.1, 0.15) is 106 Å². The van der Waals surface area contributed by atoms with Crippen molar-refractivity contribution in [2.45, 2.75) is 124 Å². The molecule has 296 valence electrons. The second-order valence-electron chi connectivity index (χ2n) is 19.5. The van der Waals surface area contributed by atoms with Crippen LogP contribution in [0.15, 0.2) is 36.7 Å². The molecular formula is C42H62N6O6. The van der Waals surface area contributed by atoms with Crippen LogP contribution < -0.4 is 5.73 Å². The van der Waals surface area contributed by atoms with E-state index in [2.05, 4.69) is 69.2 Å². The summed E-state index contributed by atoms with van der Waals surface area (Å²) >= 11 is 0. The maximum Gasteiger partial charge on any atom is 0.506 e. The van der Waals surface area contributed by atoms with Gasteiger partial charge in [-0.3, -0.25) is 0 Å². The number of rotatable bonds is 8. The van der Waals surface area contributed by atoms with Crippen LogP contribution in [0.4, 0.5) is 4.79 Å². The minimum atomic E-state index is -1.17. The molecule has 0 amide bonds. The molecule has 3 saturated carbocycles. The van der Waals surface area contributed by atoms with Gasteiger partial charge in [-0.2, -0.15) is 5.10 Å². The molecule has 4 aliphatic carbocycles. The number of ether oxygens (including phenoxy) is 4. The highest BCUT2D eigenvalue weighted by atomic mass is 16.7. The van der Waals surface area contributed by atoms with Crippen molar-refractivity contribution in [1.82, 2.24) is 24.7 Å². The van der Waals surface area contributed by atoms with Crippen LogP contribution in [0.5, 0.6) is 0 Å². The lowest BCUT2D eigenvalue weighted by Crippen LogP contribution is -2.70. The monoisotopic (exact) mass is 746 g/mol. The number of carbonyl (C=O) groups is 1. The van der Waals surface area contributed by atoms with E-state index in [1.54, 1.807) is 18.7 Å². The normalized spacial score (nSPS) is 41.9. The zero-order valence-electron chi connectivity index (χ0n) is 33.4. The van der Waals surface area contributed by atoms with Gasteiger partial charge in [0.2, 0.25) is 0 Å². The highest BCUT2D eigenvalue weighted by molar-refractivity contribution is 5.57. The van der Waals surface area contributed by atoms with Gasteiger partial charge in [0.1, 0.15) is 18.8 Å². The zero-order chi connectivity index (χ0) is 38.3. The van der Waals surface area contributed by atoms with E-state index in [4.69, 9.17) is 34.8 Å². The number of fused-ring (bicyclic) bond motifs is 3. The van der Waals surface area contributed by atoms with E-state index in [-0.39, 0.29) is 45.1 Å². The van der Waals surface area contributed by atoms with Gasteiger partial charge in [0.15, 0.2) is 5.82 Å². The van der Waals surface area contributed by atoms with Crippen molar-refractivity contribution in [3.63, 3.8) is 0 Å². The Morgan fingerprint density at radius 3 is 2.44 bits per heavy atom. The Kier molecular flexibility index (Phi) is 9.38. The van der Waals surface area contributed by atoms with E-state index < -0.39 is 17.8 Å². The first-order valence-corrected chi connectivity index (χ1v) is 20.4. The summed E-state index contributed by atoms with van der Waals surface area (Å²) in [6, 6.07) is -0.151. The second kappa shape index (κ2) is 13.3. The van der Waals surface area contributed by atoms with Gasteiger partial charge in [-0.1, -0.05) is 60.1 Å². The average Bonchev–Trinajstić information content (AvgIpc) is 3.63. The number of hydrogen-bond acceptors (Lipinski definition) is 10. The molecule has 4 heterocycles. The standard InChI is InChI=1S/C42H62N6O6/c1-26(2)27(3)37(4)12-13-39(6)29-8-9-32-38(5)21-52-23-42(32,30(29)10-11-40(39,7)35(37)54-36(49)50)18-31(33(38)53-22-41(43)14-16-51-17-15-41)48-34(46-25-47-48)28-19-44-24-45-20-28/h10,19-20,24-27,29,31-33,35H,8-9,11-18,21-23,43H2,1-7H3,(H,49,50)/t27-,29+,31-,32+,33+,35-,37-,38-,39-,40-,42+/m1/s1. The molecule has 0 aromatic carbocycles. The molecule has 2 saturated heterocycles. The maximum atomic E-state index is 12.5. The van der Waals surface area contributed by atoms with Crippen LogP contribution in [0, 0.1) is 50.7 Å². The first-order valence-electron chi connectivity index (χ1n) is 20.4. The minimum absolute atomic E-state index is 0.151. The van der Waals surface area contributed by atoms with Gasteiger partial charge in [0, 0.05) is 52.8 Å². The fraction of sp³-hybridized carbons (Fsp3) is 0.786. The number of hydrogen-bond donors (Lipinski definition) is 2. The Labute approximate surface area is 320 Å². The Hall–Kier alpha value is -2.93. The van der Waals surface area contributed by atoms with Crippen molar-refractivity contribution in [1.29, 1.82) is 0 Å². The molecule has 54 heavy (non-hydrogen) atoms. The summed E-state index contributed by atoms with van der Waals surface area (Å²) in [4.78, 5) is 25.9. The van der Waals surface area contributed by atoms with Crippen LogP contribution >= 0.6 is 0 Å². The van der Waals surface area contributed by atoms with E-state index in [0.717, 1.165) is 62.8 Å². The Bertz CT molecular complexity index is 1750. The van der Waals surface area contributed by atoms with Crippen LogP contribution in [-0.2, 0) is 18.9 Å². The van der Waals surface area contributed by atoms with Gasteiger partial charge in [-0.05, 0) is 80.5 Å². The summed E-state index contributed by atoms with van der Waals surface area (Å²) in [5, 5.41) is 15.2. The van der Waals surface area contributed by atoms with E-state index >= 15 is 0 Å². The quantitative estimate of drug-likeness (QED) is 0.209. The van der Waals surface area contributed by atoms with Gasteiger partial charge in [-0.25, -0.2) is 24.4 Å². The topological polar surface area (TPSA) is 157 Å². The highest BCUT2D eigenvalue weighted by Crippen LogP contribution is 2.74. The molecule has 11 atom stereocenters. The molecule has 0 unspecified atom stereocenters. The van der Waals surface area contributed by atoms with E-state index in [0.29, 0.717) is 50.8 Å². The second-order valence-corrected chi connectivity index (χ2v) is 19.5. The van der Waals surface area contributed by atoms with Crippen molar-refractivity contribution < 1.29 is 28.8 Å². The molecule has 0 spiro atoms. The molecule has 5 fully saturated rings. The summed E-state index contributed by atoms with van der Waals surface area (Å²) in [6.07, 6.45) is 14.6. The lowest BCUT2D eigenvalue weighted by molar-refractivity contribution is -0.256. The third-order valence-corrected chi connectivity index (χ3v) is 16.7. The predicted molar refractivity (Wildman–Crippen MR) is 202 cm³/mol.